The lowest BCUT2D eigenvalue weighted by Gasteiger charge is -2.09. The Bertz CT molecular complexity index is 914. The summed E-state index contributed by atoms with van der Waals surface area (Å²) in [4.78, 5) is 24.9. The van der Waals surface area contributed by atoms with Crippen LogP contribution in [0.25, 0.3) is 10.9 Å². The largest absolute Gasteiger partial charge is 0.350 e. The number of halogens is 1. The molecule has 3 aromatic rings. The van der Waals surface area contributed by atoms with E-state index in [4.69, 9.17) is 0 Å². The zero-order valence-electron chi connectivity index (χ0n) is 11.8. The van der Waals surface area contributed by atoms with E-state index in [0.29, 0.717) is 11.1 Å². The highest BCUT2D eigenvalue weighted by Gasteiger charge is 2.14. The topological polar surface area (TPSA) is 51.1 Å². The van der Waals surface area contributed by atoms with Crippen LogP contribution in [0.15, 0.2) is 59.5 Å². The van der Waals surface area contributed by atoms with Gasteiger partial charge in [-0.25, -0.2) is 0 Å². The molecular formula is C17H13IN2O2. The molecule has 0 saturated carbocycles. The second-order valence-corrected chi connectivity index (χ2v) is 6.21. The molecule has 110 valence electrons. The van der Waals surface area contributed by atoms with E-state index in [9.17, 15) is 9.59 Å². The van der Waals surface area contributed by atoms with Crippen LogP contribution in [0.4, 0.5) is 5.69 Å². The zero-order valence-corrected chi connectivity index (χ0v) is 14.0. The van der Waals surface area contributed by atoms with E-state index in [1.165, 1.54) is 0 Å². The number of rotatable bonds is 2. The lowest BCUT2D eigenvalue weighted by molar-refractivity contribution is 0.102. The molecule has 0 saturated heterocycles. The Hall–Kier alpha value is -2.15. The lowest BCUT2D eigenvalue weighted by Crippen LogP contribution is -2.23. The van der Waals surface area contributed by atoms with Crippen molar-refractivity contribution in [3.05, 3.63) is 74.1 Å². The number of carbonyl (C=O) groups is 1. The standard InChI is InChI=1S/C17H13IN2O2/c1-20-10-14(16(21)13-4-2-3-5-15(13)20)17(22)19-12-8-6-11(18)7-9-12/h2-10H,1H3,(H,19,22). The van der Waals surface area contributed by atoms with Gasteiger partial charge in [-0.15, -0.1) is 0 Å². The molecule has 0 fully saturated rings. The Labute approximate surface area is 140 Å². The van der Waals surface area contributed by atoms with Gasteiger partial charge in [-0.1, -0.05) is 12.1 Å². The molecule has 1 heterocycles. The van der Waals surface area contributed by atoms with Crippen LogP contribution in [0.3, 0.4) is 0 Å². The average Bonchev–Trinajstić information content (AvgIpc) is 2.53. The molecular weight excluding hydrogens is 391 g/mol. The Balaban J connectivity index is 2.02. The summed E-state index contributed by atoms with van der Waals surface area (Å²) in [5.74, 6) is -0.396. The molecule has 5 heteroatoms. The van der Waals surface area contributed by atoms with Crippen molar-refractivity contribution >= 4 is 45.1 Å². The minimum absolute atomic E-state index is 0.139. The van der Waals surface area contributed by atoms with E-state index >= 15 is 0 Å². The van der Waals surface area contributed by atoms with Crippen molar-refractivity contribution in [1.29, 1.82) is 0 Å². The Morgan fingerprint density at radius 3 is 2.50 bits per heavy atom. The summed E-state index contributed by atoms with van der Waals surface area (Å²) in [5, 5.41) is 3.30. The number of aromatic nitrogens is 1. The summed E-state index contributed by atoms with van der Waals surface area (Å²) in [5.41, 5.74) is 1.36. The first kappa shape index (κ1) is 14.8. The van der Waals surface area contributed by atoms with E-state index in [2.05, 4.69) is 27.9 Å². The van der Waals surface area contributed by atoms with Crippen molar-refractivity contribution in [3.63, 3.8) is 0 Å². The van der Waals surface area contributed by atoms with Crippen molar-refractivity contribution in [2.45, 2.75) is 0 Å². The molecule has 0 spiro atoms. The lowest BCUT2D eigenvalue weighted by atomic mass is 10.1. The monoisotopic (exact) mass is 404 g/mol. The van der Waals surface area contributed by atoms with Crippen LogP contribution in [0.5, 0.6) is 0 Å². The van der Waals surface area contributed by atoms with Gasteiger partial charge < -0.3 is 9.88 Å². The van der Waals surface area contributed by atoms with E-state index < -0.39 is 5.91 Å². The number of para-hydroxylation sites is 1. The van der Waals surface area contributed by atoms with Gasteiger partial charge in [-0.3, -0.25) is 9.59 Å². The Morgan fingerprint density at radius 2 is 1.77 bits per heavy atom. The highest BCUT2D eigenvalue weighted by Crippen LogP contribution is 2.14. The number of nitrogens with zero attached hydrogens (tertiary/aromatic N) is 1. The fraction of sp³-hybridized carbons (Fsp3) is 0.0588. The normalized spacial score (nSPS) is 10.6. The van der Waals surface area contributed by atoms with Crippen LogP contribution in [0.2, 0.25) is 0 Å². The van der Waals surface area contributed by atoms with E-state index in [-0.39, 0.29) is 11.0 Å². The fourth-order valence-corrected chi connectivity index (χ4v) is 2.69. The van der Waals surface area contributed by atoms with Crippen molar-refractivity contribution in [1.82, 2.24) is 4.57 Å². The summed E-state index contributed by atoms with van der Waals surface area (Å²) in [7, 11) is 1.82. The molecule has 1 amide bonds. The molecule has 3 rings (SSSR count). The van der Waals surface area contributed by atoms with Gasteiger partial charge in [0.25, 0.3) is 5.91 Å². The Morgan fingerprint density at radius 1 is 1.09 bits per heavy atom. The smallest absolute Gasteiger partial charge is 0.261 e. The first-order valence-corrected chi connectivity index (χ1v) is 7.79. The van der Waals surface area contributed by atoms with Gasteiger partial charge in [0.05, 0.1) is 5.52 Å². The van der Waals surface area contributed by atoms with Gasteiger partial charge in [0.2, 0.25) is 5.43 Å². The first-order chi connectivity index (χ1) is 10.6. The predicted octanol–water partition coefficient (Wildman–Crippen LogP) is 3.40. The molecule has 0 aliphatic heterocycles. The quantitative estimate of drug-likeness (QED) is 0.666. The van der Waals surface area contributed by atoms with Crippen molar-refractivity contribution < 1.29 is 4.79 Å². The van der Waals surface area contributed by atoms with E-state index in [1.54, 1.807) is 22.9 Å². The average molecular weight is 404 g/mol. The molecule has 4 nitrogen and oxygen atoms in total. The molecule has 0 aliphatic carbocycles. The highest BCUT2D eigenvalue weighted by atomic mass is 127. The van der Waals surface area contributed by atoms with Crippen LogP contribution in [-0.2, 0) is 7.05 Å². The summed E-state index contributed by atoms with van der Waals surface area (Å²) in [6.07, 6.45) is 1.58. The molecule has 1 N–H and O–H groups in total. The maximum Gasteiger partial charge on any atom is 0.261 e. The first-order valence-electron chi connectivity index (χ1n) is 6.71. The second kappa shape index (κ2) is 5.92. The van der Waals surface area contributed by atoms with Crippen LogP contribution in [-0.4, -0.2) is 10.5 Å². The summed E-state index contributed by atoms with van der Waals surface area (Å²) >= 11 is 2.19. The Kier molecular flexibility index (Phi) is 3.98. The number of benzene rings is 2. The van der Waals surface area contributed by atoms with Crippen molar-refractivity contribution in [2.75, 3.05) is 5.32 Å². The molecule has 1 aromatic heterocycles. The van der Waals surface area contributed by atoms with Gasteiger partial charge in [0, 0.05) is 27.9 Å². The fourth-order valence-electron chi connectivity index (χ4n) is 2.33. The molecule has 0 bridgehead atoms. The second-order valence-electron chi connectivity index (χ2n) is 4.96. The number of anilines is 1. The maximum atomic E-state index is 12.5. The third-order valence-electron chi connectivity index (χ3n) is 3.44. The maximum absolute atomic E-state index is 12.5. The van der Waals surface area contributed by atoms with Crippen LogP contribution < -0.4 is 10.7 Å². The molecule has 22 heavy (non-hydrogen) atoms. The van der Waals surface area contributed by atoms with Crippen molar-refractivity contribution in [2.24, 2.45) is 7.05 Å². The van der Waals surface area contributed by atoms with E-state index in [1.807, 2.05) is 43.4 Å². The number of nitrogens with one attached hydrogen (secondary N) is 1. The number of amides is 1. The summed E-state index contributed by atoms with van der Waals surface area (Å²) in [6, 6.07) is 14.7. The zero-order chi connectivity index (χ0) is 15.7. The third kappa shape index (κ3) is 2.76. The summed E-state index contributed by atoms with van der Waals surface area (Å²) in [6.45, 7) is 0. The molecule has 2 aromatic carbocycles. The van der Waals surface area contributed by atoms with Gasteiger partial charge >= 0.3 is 0 Å². The van der Waals surface area contributed by atoms with E-state index in [0.717, 1.165) is 9.09 Å². The van der Waals surface area contributed by atoms with Crippen LogP contribution in [0.1, 0.15) is 10.4 Å². The number of carbonyl (C=O) groups excluding carboxylic acids is 1. The van der Waals surface area contributed by atoms with Gasteiger partial charge in [0.15, 0.2) is 0 Å². The third-order valence-corrected chi connectivity index (χ3v) is 4.16. The highest BCUT2D eigenvalue weighted by molar-refractivity contribution is 14.1. The molecule has 0 unspecified atom stereocenters. The molecule has 0 atom stereocenters. The van der Waals surface area contributed by atoms with Gasteiger partial charge in [-0.05, 0) is 59.0 Å². The molecule has 0 radical (unpaired) electrons. The number of pyridine rings is 1. The summed E-state index contributed by atoms with van der Waals surface area (Å²) < 4.78 is 2.87. The number of aryl methyl sites for hydroxylation is 1. The minimum atomic E-state index is -0.396. The van der Waals surface area contributed by atoms with Gasteiger partial charge in [-0.2, -0.15) is 0 Å². The molecule has 0 aliphatic rings. The SMILES string of the molecule is Cn1cc(C(=O)Nc2ccc(I)cc2)c(=O)c2ccccc21. The van der Waals surface area contributed by atoms with Crippen LogP contribution in [0, 0.1) is 3.57 Å². The predicted molar refractivity (Wildman–Crippen MR) is 96.3 cm³/mol. The minimum Gasteiger partial charge on any atom is -0.350 e. The van der Waals surface area contributed by atoms with Gasteiger partial charge in [0.1, 0.15) is 5.56 Å². The van der Waals surface area contributed by atoms with Crippen molar-refractivity contribution in [3.8, 4) is 0 Å². The number of fused-ring (bicyclic) bond motifs is 1. The number of hydrogen-bond acceptors (Lipinski definition) is 2. The van der Waals surface area contributed by atoms with Crippen LogP contribution >= 0.6 is 22.6 Å². The number of hydrogen-bond donors (Lipinski definition) is 1.